The van der Waals surface area contributed by atoms with Gasteiger partial charge in [0.2, 0.25) is 11.8 Å². The van der Waals surface area contributed by atoms with Crippen molar-refractivity contribution in [3.63, 3.8) is 0 Å². The van der Waals surface area contributed by atoms with E-state index in [0.29, 0.717) is 5.56 Å². The molecule has 1 aliphatic rings. The van der Waals surface area contributed by atoms with Gasteiger partial charge in [-0.15, -0.1) is 0 Å². The lowest BCUT2D eigenvalue weighted by atomic mass is 10.1. The van der Waals surface area contributed by atoms with Gasteiger partial charge < -0.3 is 14.9 Å². The predicted octanol–water partition coefficient (Wildman–Crippen LogP) is 0.324. The van der Waals surface area contributed by atoms with Crippen molar-refractivity contribution in [1.29, 1.82) is 0 Å². The molecule has 1 aromatic carbocycles. The number of benzene rings is 1. The Morgan fingerprint density at radius 3 is 2.60 bits per heavy atom. The Morgan fingerprint density at radius 2 is 2.00 bits per heavy atom. The van der Waals surface area contributed by atoms with Crippen LogP contribution in [-0.2, 0) is 16.1 Å². The Labute approximate surface area is 114 Å². The molecule has 0 saturated carbocycles. The number of carbonyl (C=O) groups excluding carboxylic acids is 2. The molecule has 1 aliphatic heterocycles. The van der Waals surface area contributed by atoms with Gasteiger partial charge >= 0.3 is 5.97 Å². The molecule has 7 heteroatoms. The molecule has 2 amide bonds. The zero-order valence-corrected chi connectivity index (χ0v) is 10.8. The number of likely N-dealkylation sites (N-methyl/N-ethyl adjacent to an activating group) is 1. The molecule has 0 bridgehead atoms. The maximum absolute atomic E-state index is 13.5. The lowest BCUT2D eigenvalue weighted by Crippen LogP contribution is -2.51. The molecule has 1 N–H and O–H groups in total. The standard InChI is InChI=1S/C13H13FN2O4/c1-15-6-12(18)16(7-11(15)17)5-8-2-3-9(13(19)20)10(14)4-8/h2-4H,5-7H2,1H3,(H,19,20). The van der Waals surface area contributed by atoms with Gasteiger partial charge in [-0.2, -0.15) is 0 Å². The highest BCUT2D eigenvalue weighted by molar-refractivity contribution is 5.92. The lowest BCUT2D eigenvalue weighted by Gasteiger charge is -2.31. The van der Waals surface area contributed by atoms with Crippen LogP contribution < -0.4 is 0 Å². The maximum atomic E-state index is 13.5. The van der Waals surface area contributed by atoms with Crippen LogP contribution in [0.1, 0.15) is 15.9 Å². The van der Waals surface area contributed by atoms with E-state index < -0.39 is 17.3 Å². The molecule has 0 spiro atoms. The van der Waals surface area contributed by atoms with Crippen LogP contribution in [0, 0.1) is 5.82 Å². The Hall–Kier alpha value is -2.44. The quantitative estimate of drug-likeness (QED) is 0.865. The molecule has 1 heterocycles. The van der Waals surface area contributed by atoms with E-state index in [4.69, 9.17) is 5.11 Å². The number of carboxylic acid groups (broad SMARTS) is 1. The predicted molar refractivity (Wildman–Crippen MR) is 66.4 cm³/mol. The largest absolute Gasteiger partial charge is 0.478 e. The first kappa shape index (κ1) is 14.0. The van der Waals surface area contributed by atoms with Crippen molar-refractivity contribution in [3.05, 3.63) is 35.1 Å². The number of hydrogen-bond acceptors (Lipinski definition) is 3. The van der Waals surface area contributed by atoms with Crippen molar-refractivity contribution >= 4 is 17.8 Å². The number of rotatable bonds is 3. The summed E-state index contributed by atoms with van der Waals surface area (Å²) < 4.78 is 13.5. The van der Waals surface area contributed by atoms with E-state index >= 15 is 0 Å². The van der Waals surface area contributed by atoms with E-state index in [2.05, 4.69) is 0 Å². The van der Waals surface area contributed by atoms with Crippen LogP contribution >= 0.6 is 0 Å². The zero-order valence-electron chi connectivity index (χ0n) is 10.8. The summed E-state index contributed by atoms with van der Waals surface area (Å²) in [6.07, 6.45) is 0. The summed E-state index contributed by atoms with van der Waals surface area (Å²) in [6, 6.07) is 3.65. The van der Waals surface area contributed by atoms with Gasteiger partial charge in [0.1, 0.15) is 12.4 Å². The number of hydrogen-bond donors (Lipinski definition) is 1. The minimum absolute atomic E-state index is 0.00543. The second kappa shape index (κ2) is 5.28. The molecule has 0 aliphatic carbocycles. The highest BCUT2D eigenvalue weighted by atomic mass is 19.1. The molecule has 106 valence electrons. The first-order valence-electron chi connectivity index (χ1n) is 5.92. The summed E-state index contributed by atoms with van der Waals surface area (Å²) in [5, 5.41) is 8.73. The highest BCUT2D eigenvalue weighted by Crippen LogP contribution is 2.14. The van der Waals surface area contributed by atoms with Crippen molar-refractivity contribution < 1.29 is 23.9 Å². The fourth-order valence-electron chi connectivity index (χ4n) is 1.96. The van der Waals surface area contributed by atoms with Crippen molar-refractivity contribution in [2.24, 2.45) is 0 Å². The van der Waals surface area contributed by atoms with Crippen LogP contribution in [0.3, 0.4) is 0 Å². The molecular formula is C13H13FN2O4. The minimum atomic E-state index is -1.35. The Kier molecular flexibility index (Phi) is 3.69. The van der Waals surface area contributed by atoms with Crippen molar-refractivity contribution in [2.75, 3.05) is 20.1 Å². The van der Waals surface area contributed by atoms with Crippen LogP contribution in [0.5, 0.6) is 0 Å². The first-order chi connectivity index (χ1) is 9.38. The smallest absolute Gasteiger partial charge is 0.338 e. The van der Waals surface area contributed by atoms with Gasteiger partial charge in [0.15, 0.2) is 0 Å². The van der Waals surface area contributed by atoms with E-state index in [9.17, 15) is 18.8 Å². The summed E-state index contributed by atoms with van der Waals surface area (Å²) in [5.41, 5.74) is 0.0210. The Morgan fingerprint density at radius 1 is 1.30 bits per heavy atom. The monoisotopic (exact) mass is 280 g/mol. The second-order valence-electron chi connectivity index (χ2n) is 4.62. The summed E-state index contributed by atoms with van der Waals surface area (Å²) in [7, 11) is 1.54. The fraction of sp³-hybridized carbons (Fsp3) is 0.308. The number of piperazine rings is 1. The molecule has 1 fully saturated rings. The second-order valence-corrected chi connectivity index (χ2v) is 4.62. The summed E-state index contributed by atoms with van der Waals surface area (Å²) in [4.78, 5) is 36.6. The molecule has 20 heavy (non-hydrogen) atoms. The van der Waals surface area contributed by atoms with E-state index in [1.165, 1.54) is 15.9 Å². The van der Waals surface area contributed by atoms with Crippen LogP contribution in [0.15, 0.2) is 18.2 Å². The SMILES string of the molecule is CN1CC(=O)N(Cc2ccc(C(=O)O)c(F)c2)CC1=O. The first-order valence-corrected chi connectivity index (χ1v) is 5.92. The van der Waals surface area contributed by atoms with Gasteiger partial charge in [-0.3, -0.25) is 9.59 Å². The molecule has 1 saturated heterocycles. The summed E-state index contributed by atoms with van der Waals surface area (Å²) in [6.45, 7) is 0.0153. The van der Waals surface area contributed by atoms with Crippen LogP contribution in [0.4, 0.5) is 4.39 Å². The molecule has 0 unspecified atom stereocenters. The maximum Gasteiger partial charge on any atom is 0.338 e. The molecule has 2 rings (SSSR count). The van der Waals surface area contributed by atoms with Gasteiger partial charge in [-0.05, 0) is 17.7 Å². The van der Waals surface area contributed by atoms with Crippen LogP contribution in [0.2, 0.25) is 0 Å². The number of aromatic carboxylic acids is 1. The van der Waals surface area contributed by atoms with Crippen molar-refractivity contribution in [1.82, 2.24) is 9.80 Å². The third-order valence-electron chi connectivity index (χ3n) is 3.11. The van der Waals surface area contributed by atoms with Crippen LogP contribution in [0.25, 0.3) is 0 Å². The van der Waals surface area contributed by atoms with Gasteiger partial charge in [0, 0.05) is 13.6 Å². The van der Waals surface area contributed by atoms with E-state index in [1.54, 1.807) is 7.05 Å². The normalized spacial score (nSPS) is 15.7. The van der Waals surface area contributed by atoms with E-state index in [-0.39, 0.29) is 31.4 Å². The Balaban J connectivity index is 2.14. The Bertz CT molecular complexity index is 588. The number of carbonyl (C=O) groups is 3. The average Bonchev–Trinajstić information content (AvgIpc) is 2.35. The van der Waals surface area contributed by atoms with Gasteiger partial charge in [-0.25, -0.2) is 9.18 Å². The third kappa shape index (κ3) is 2.76. The van der Waals surface area contributed by atoms with Gasteiger partial charge in [0.25, 0.3) is 0 Å². The molecule has 6 nitrogen and oxygen atoms in total. The molecule has 0 atom stereocenters. The number of carboxylic acids is 1. The lowest BCUT2D eigenvalue weighted by molar-refractivity contribution is -0.149. The highest BCUT2D eigenvalue weighted by Gasteiger charge is 2.27. The summed E-state index contributed by atoms with van der Waals surface area (Å²) >= 11 is 0. The molecular weight excluding hydrogens is 267 g/mol. The summed E-state index contributed by atoms with van der Waals surface area (Å²) in [5.74, 6) is -2.62. The number of nitrogens with zero attached hydrogens (tertiary/aromatic N) is 2. The fourth-order valence-corrected chi connectivity index (χ4v) is 1.96. The van der Waals surface area contributed by atoms with E-state index in [1.807, 2.05) is 0 Å². The average molecular weight is 280 g/mol. The molecule has 1 aromatic rings. The zero-order chi connectivity index (χ0) is 14.9. The number of amides is 2. The van der Waals surface area contributed by atoms with E-state index in [0.717, 1.165) is 12.1 Å². The van der Waals surface area contributed by atoms with Crippen LogP contribution in [-0.4, -0.2) is 52.8 Å². The van der Waals surface area contributed by atoms with Gasteiger partial charge in [-0.1, -0.05) is 6.07 Å². The number of halogens is 1. The van der Waals surface area contributed by atoms with Crippen molar-refractivity contribution in [2.45, 2.75) is 6.54 Å². The minimum Gasteiger partial charge on any atom is -0.478 e. The van der Waals surface area contributed by atoms with Crippen molar-refractivity contribution in [3.8, 4) is 0 Å². The molecule has 0 aromatic heterocycles. The topological polar surface area (TPSA) is 77.9 Å². The third-order valence-corrected chi connectivity index (χ3v) is 3.11. The van der Waals surface area contributed by atoms with Gasteiger partial charge in [0.05, 0.1) is 12.1 Å². The molecule has 0 radical (unpaired) electrons.